The molecule has 0 saturated carbocycles. The number of nitrogens with zero attached hydrogens (tertiary/aromatic N) is 2. The largest absolute Gasteiger partial charge is 0.481 e. The van der Waals surface area contributed by atoms with E-state index in [1.165, 1.54) is 0 Å². The van der Waals surface area contributed by atoms with Crippen LogP contribution < -0.4 is 4.90 Å². The molecule has 0 atom stereocenters. The average Bonchev–Trinajstić information content (AvgIpc) is 2.47. The quantitative estimate of drug-likeness (QED) is 0.918. The number of amides is 1. The maximum Gasteiger partial charge on any atom is 0.306 e. The molecule has 5 heteroatoms. The van der Waals surface area contributed by atoms with E-state index in [1.54, 1.807) is 4.90 Å². The smallest absolute Gasteiger partial charge is 0.306 e. The van der Waals surface area contributed by atoms with Gasteiger partial charge in [-0.15, -0.1) is 0 Å². The third-order valence-electron chi connectivity index (χ3n) is 4.01. The molecule has 5 nitrogen and oxygen atoms in total. The predicted molar refractivity (Wildman–Crippen MR) is 81.4 cm³/mol. The van der Waals surface area contributed by atoms with Crippen LogP contribution in [0.15, 0.2) is 24.3 Å². The van der Waals surface area contributed by atoms with Crippen molar-refractivity contribution in [1.29, 1.82) is 0 Å². The van der Waals surface area contributed by atoms with Crippen LogP contribution in [0.5, 0.6) is 0 Å². The lowest BCUT2D eigenvalue weighted by Crippen LogP contribution is -2.44. The first-order valence-corrected chi connectivity index (χ1v) is 7.26. The molecular formula is C16H22N2O3. The monoisotopic (exact) mass is 290 g/mol. The molecule has 1 aromatic carbocycles. The number of carboxylic acids is 1. The van der Waals surface area contributed by atoms with E-state index in [4.69, 9.17) is 5.11 Å². The Morgan fingerprint density at radius 2 is 2.00 bits per heavy atom. The lowest BCUT2D eigenvalue weighted by Gasteiger charge is -2.31. The number of carboxylic acid groups (broad SMARTS) is 1. The number of rotatable bonds is 4. The van der Waals surface area contributed by atoms with E-state index in [0.717, 1.165) is 11.3 Å². The maximum atomic E-state index is 12.3. The second-order valence-electron chi connectivity index (χ2n) is 5.69. The Morgan fingerprint density at radius 1 is 1.33 bits per heavy atom. The third-order valence-corrected chi connectivity index (χ3v) is 4.01. The number of hydrogen-bond acceptors (Lipinski definition) is 3. The van der Waals surface area contributed by atoms with Gasteiger partial charge in [0.05, 0.1) is 12.5 Å². The number of carbonyl (C=O) groups is 2. The summed E-state index contributed by atoms with van der Waals surface area (Å²) in [7, 11) is 1.90. The highest BCUT2D eigenvalue weighted by atomic mass is 16.4. The molecule has 1 saturated heterocycles. The van der Waals surface area contributed by atoms with E-state index in [0.29, 0.717) is 32.5 Å². The number of aliphatic carboxylic acids is 1. The molecule has 1 heterocycles. The van der Waals surface area contributed by atoms with Gasteiger partial charge in [0, 0.05) is 25.8 Å². The Hall–Kier alpha value is -2.04. The summed E-state index contributed by atoms with van der Waals surface area (Å²) in [4.78, 5) is 26.9. The van der Waals surface area contributed by atoms with Gasteiger partial charge in [0.25, 0.3) is 0 Å². The van der Waals surface area contributed by atoms with Crippen LogP contribution in [0.25, 0.3) is 0 Å². The predicted octanol–water partition coefficient (Wildman–Crippen LogP) is 1.75. The third kappa shape index (κ3) is 3.97. The summed E-state index contributed by atoms with van der Waals surface area (Å²) in [5.74, 6) is -0.995. The van der Waals surface area contributed by atoms with Crippen molar-refractivity contribution >= 4 is 17.6 Å². The zero-order chi connectivity index (χ0) is 15.4. The summed E-state index contributed by atoms with van der Waals surface area (Å²) in [6.45, 7) is 3.42. The van der Waals surface area contributed by atoms with Crippen LogP contribution in [0, 0.1) is 12.8 Å². The summed E-state index contributed by atoms with van der Waals surface area (Å²) in [6.07, 6.45) is 1.10. The first kappa shape index (κ1) is 15.4. The highest BCUT2D eigenvalue weighted by Gasteiger charge is 2.27. The fourth-order valence-corrected chi connectivity index (χ4v) is 2.64. The van der Waals surface area contributed by atoms with E-state index < -0.39 is 5.97 Å². The molecule has 0 bridgehead atoms. The number of benzene rings is 1. The molecule has 0 spiro atoms. The molecule has 21 heavy (non-hydrogen) atoms. The van der Waals surface area contributed by atoms with Gasteiger partial charge in [0.2, 0.25) is 5.91 Å². The average molecular weight is 290 g/mol. The molecule has 114 valence electrons. The molecule has 0 radical (unpaired) electrons. The standard InChI is InChI=1S/C16H22N2O3/c1-12-4-3-5-14(10-12)17(2)11-15(19)18-8-6-13(7-9-18)16(20)21/h3-5,10,13H,6-9,11H2,1-2H3,(H,20,21). The van der Waals surface area contributed by atoms with Crippen LogP contribution in [-0.2, 0) is 9.59 Å². The zero-order valence-corrected chi connectivity index (χ0v) is 12.6. The minimum absolute atomic E-state index is 0.0582. The zero-order valence-electron chi connectivity index (χ0n) is 12.6. The Morgan fingerprint density at radius 3 is 2.57 bits per heavy atom. The van der Waals surface area contributed by atoms with Crippen molar-refractivity contribution in [3.63, 3.8) is 0 Å². The molecule has 1 fully saturated rings. The van der Waals surface area contributed by atoms with Gasteiger partial charge < -0.3 is 14.9 Å². The van der Waals surface area contributed by atoms with Crippen molar-refractivity contribution < 1.29 is 14.7 Å². The van der Waals surface area contributed by atoms with E-state index in [-0.39, 0.29) is 11.8 Å². The van der Waals surface area contributed by atoms with Gasteiger partial charge >= 0.3 is 5.97 Å². The maximum absolute atomic E-state index is 12.3. The summed E-state index contributed by atoms with van der Waals surface area (Å²) >= 11 is 0. The Balaban J connectivity index is 1.89. The number of carbonyl (C=O) groups excluding carboxylic acids is 1. The fourth-order valence-electron chi connectivity index (χ4n) is 2.64. The summed E-state index contributed by atoms with van der Waals surface area (Å²) < 4.78 is 0. The molecular weight excluding hydrogens is 268 g/mol. The van der Waals surface area contributed by atoms with Gasteiger partial charge in [-0.1, -0.05) is 12.1 Å². The number of aryl methyl sites for hydroxylation is 1. The normalized spacial score (nSPS) is 15.8. The molecule has 1 aromatic rings. The molecule has 1 aliphatic heterocycles. The Bertz CT molecular complexity index is 522. The molecule has 1 amide bonds. The first-order chi connectivity index (χ1) is 9.97. The molecule has 2 rings (SSSR count). The summed E-state index contributed by atoms with van der Waals surface area (Å²) in [5, 5.41) is 8.97. The van der Waals surface area contributed by atoms with Crippen LogP contribution in [0.2, 0.25) is 0 Å². The molecule has 0 unspecified atom stereocenters. The van der Waals surface area contributed by atoms with Crippen LogP contribution >= 0.6 is 0 Å². The number of anilines is 1. The lowest BCUT2D eigenvalue weighted by atomic mass is 9.97. The second-order valence-corrected chi connectivity index (χ2v) is 5.69. The topological polar surface area (TPSA) is 60.9 Å². The van der Waals surface area contributed by atoms with Gasteiger partial charge in [-0.3, -0.25) is 9.59 Å². The van der Waals surface area contributed by atoms with Gasteiger partial charge in [0.15, 0.2) is 0 Å². The Kier molecular flexibility index (Phi) is 4.83. The van der Waals surface area contributed by atoms with Crippen molar-refractivity contribution in [2.45, 2.75) is 19.8 Å². The van der Waals surface area contributed by atoms with Crippen molar-refractivity contribution in [2.24, 2.45) is 5.92 Å². The molecule has 1 N–H and O–H groups in total. The van der Waals surface area contributed by atoms with Crippen LogP contribution in [0.4, 0.5) is 5.69 Å². The summed E-state index contributed by atoms with van der Waals surface area (Å²) in [6, 6.07) is 8.03. The van der Waals surface area contributed by atoms with Crippen LogP contribution in [-0.4, -0.2) is 48.6 Å². The van der Waals surface area contributed by atoms with E-state index >= 15 is 0 Å². The van der Waals surface area contributed by atoms with Gasteiger partial charge in [-0.25, -0.2) is 0 Å². The molecule has 1 aliphatic rings. The second kappa shape index (κ2) is 6.61. The minimum atomic E-state index is -0.751. The van der Waals surface area contributed by atoms with Crippen molar-refractivity contribution in [1.82, 2.24) is 4.90 Å². The number of likely N-dealkylation sites (tertiary alicyclic amines) is 1. The minimum Gasteiger partial charge on any atom is -0.481 e. The van der Waals surface area contributed by atoms with E-state index in [1.807, 2.05) is 43.1 Å². The van der Waals surface area contributed by atoms with Gasteiger partial charge in [-0.2, -0.15) is 0 Å². The summed E-state index contributed by atoms with van der Waals surface area (Å²) in [5.41, 5.74) is 2.18. The highest BCUT2D eigenvalue weighted by Crippen LogP contribution is 2.18. The van der Waals surface area contributed by atoms with Crippen LogP contribution in [0.3, 0.4) is 0 Å². The fraction of sp³-hybridized carbons (Fsp3) is 0.500. The molecule has 0 aliphatic carbocycles. The van der Waals surface area contributed by atoms with E-state index in [2.05, 4.69) is 0 Å². The van der Waals surface area contributed by atoms with Gasteiger partial charge in [-0.05, 0) is 37.5 Å². The highest BCUT2D eigenvalue weighted by molar-refractivity contribution is 5.81. The number of piperidine rings is 1. The van der Waals surface area contributed by atoms with Crippen molar-refractivity contribution in [3.05, 3.63) is 29.8 Å². The van der Waals surface area contributed by atoms with Gasteiger partial charge in [0.1, 0.15) is 0 Å². The number of hydrogen-bond donors (Lipinski definition) is 1. The SMILES string of the molecule is Cc1cccc(N(C)CC(=O)N2CCC(C(=O)O)CC2)c1. The first-order valence-electron chi connectivity index (χ1n) is 7.26. The van der Waals surface area contributed by atoms with Crippen molar-refractivity contribution in [3.8, 4) is 0 Å². The number of likely N-dealkylation sites (N-methyl/N-ethyl adjacent to an activating group) is 1. The van der Waals surface area contributed by atoms with E-state index in [9.17, 15) is 9.59 Å². The lowest BCUT2D eigenvalue weighted by molar-refractivity contribution is -0.145. The molecule has 0 aromatic heterocycles. The van der Waals surface area contributed by atoms with Crippen LogP contribution in [0.1, 0.15) is 18.4 Å². The Labute approximate surface area is 125 Å². The van der Waals surface area contributed by atoms with Crippen molar-refractivity contribution in [2.75, 3.05) is 31.6 Å².